The third-order valence-electron chi connectivity index (χ3n) is 5.63. The molecular formula is C26H25ClN4O3. The monoisotopic (exact) mass is 476 g/mol. The second-order valence-electron chi connectivity index (χ2n) is 8.13. The fourth-order valence-electron chi connectivity index (χ4n) is 3.89. The Morgan fingerprint density at radius 2 is 1.82 bits per heavy atom. The number of carboxylic acid groups (broad SMARTS) is 1. The van der Waals surface area contributed by atoms with Crippen molar-refractivity contribution < 1.29 is 9.90 Å². The summed E-state index contributed by atoms with van der Waals surface area (Å²) in [6, 6.07) is 18.1. The van der Waals surface area contributed by atoms with E-state index in [0.29, 0.717) is 47.1 Å². The summed E-state index contributed by atoms with van der Waals surface area (Å²) in [5, 5.41) is 17.1. The highest BCUT2D eigenvalue weighted by Crippen LogP contribution is 2.21. The van der Waals surface area contributed by atoms with Crippen LogP contribution in [0.4, 0.5) is 11.6 Å². The predicted molar refractivity (Wildman–Crippen MR) is 136 cm³/mol. The van der Waals surface area contributed by atoms with E-state index < -0.39 is 5.97 Å². The minimum absolute atomic E-state index is 0.127. The molecule has 1 heterocycles. The molecule has 0 aliphatic heterocycles. The number of hydrogen-bond donors (Lipinski definition) is 3. The summed E-state index contributed by atoms with van der Waals surface area (Å²) in [7, 11) is 1.70. The number of fused-ring (bicyclic) bond motifs is 1. The van der Waals surface area contributed by atoms with Crippen LogP contribution in [-0.2, 0) is 20.0 Å². The molecule has 7 nitrogen and oxygen atoms in total. The molecule has 0 amide bonds. The SMILES string of the molecule is Cc1cc(CCNc2ccccc2C(=O)O)c2nc(NCc3ccc(Cl)cc3)n(C)c(=O)c2c1. The second kappa shape index (κ2) is 9.97. The van der Waals surface area contributed by atoms with Gasteiger partial charge >= 0.3 is 5.97 Å². The van der Waals surface area contributed by atoms with Gasteiger partial charge in [-0.15, -0.1) is 0 Å². The van der Waals surface area contributed by atoms with Gasteiger partial charge < -0.3 is 15.7 Å². The fourth-order valence-corrected chi connectivity index (χ4v) is 4.02. The van der Waals surface area contributed by atoms with E-state index in [2.05, 4.69) is 10.6 Å². The third-order valence-corrected chi connectivity index (χ3v) is 5.89. The van der Waals surface area contributed by atoms with Gasteiger partial charge in [0.25, 0.3) is 5.56 Å². The molecule has 0 fully saturated rings. The van der Waals surface area contributed by atoms with Gasteiger partial charge in [-0.2, -0.15) is 0 Å². The Labute approximate surface area is 202 Å². The van der Waals surface area contributed by atoms with Gasteiger partial charge in [-0.1, -0.05) is 41.9 Å². The molecule has 0 aliphatic rings. The van der Waals surface area contributed by atoms with Gasteiger partial charge in [0, 0.05) is 30.8 Å². The molecule has 0 radical (unpaired) electrons. The first-order chi connectivity index (χ1) is 16.3. The molecule has 3 aromatic carbocycles. The summed E-state index contributed by atoms with van der Waals surface area (Å²) < 4.78 is 1.52. The number of aromatic carboxylic acids is 1. The van der Waals surface area contributed by atoms with Crippen molar-refractivity contribution in [2.75, 3.05) is 17.2 Å². The molecule has 34 heavy (non-hydrogen) atoms. The molecule has 1 aromatic heterocycles. The Bertz CT molecular complexity index is 1410. The van der Waals surface area contributed by atoms with Crippen LogP contribution in [0.15, 0.2) is 65.5 Å². The Hall–Kier alpha value is -3.84. The van der Waals surface area contributed by atoms with E-state index in [-0.39, 0.29) is 11.1 Å². The molecule has 0 spiro atoms. The van der Waals surface area contributed by atoms with E-state index in [1.165, 1.54) is 4.57 Å². The average molecular weight is 477 g/mol. The topological polar surface area (TPSA) is 96.2 Å². The second-order valence-corrected chi connectivity index (χ2v) is 8.56. The number of nitrogens with one attached hydrogen (secondary N) is 2. The van der Waals surface area contributed by atoms with Crippen LogP contribution in [0.1, 0.15) is 27.0 Å². The number of carboxylic acids is 1. The number of para-hydroxylation sites is 1. The number of aryl methyl sites for hydroxylation is 1. The van der Waals surface area contributed by atoms with Crippen molar-refractivity contribution in [3.05, 3.63) is 98.3 Å². The minimum Gasteiger partial charge on any atom is -0.478 e. The van der Waals surface area contributed by atoms with Crippen LogP contribution in [0.5, 0.6) is 0 Å². The normalized spacial score (nSPS) is 10.9. The van der Waals surface area contributed by atoms with Crippen LogP contribution in [0, 0.1) is 6.92 Å². The highest BCUT2D eigenvalue weighted by atomic mass is 35.5. The molecule has 0 aliphatic carbocycles. The number of aromatic nitrogens is 2. The van der Waals surface area contributed by atoms with Crippen molar-refractivity contribution in [3.8, 4) is 0 Å². The zero-order valence-electron chi connectivity index (χ0n) is 18.9. The number of benzene rings is 3. The lowest BCUT2D eigenvalue weighted by Crippen LogP contribution is -2.23. The van der Waals surface area contributed by atoms with E-state index in [0.717, 1.165) is 16.7 Å². The van der Waals surface area contributed by atoms with Gasteiger partial charge in [-0.3, -0.25) is 9.36 Å². The Kier molecular flexibility index (Phi) is 6.84. The summed E-state index contributed by atoms with van der Waals surface area (Å²) in [4.78, 5) is 29.4. The smallest absolute Gasteiger partial charge is 0.337 e. The van der Waals surface area contributed by atoms with Gasteiger partial charge in [0.15, 0.2) is 0 Å². The van der Waals surface area contributed by atoms with Crippen LogP contribution in [0.25, 0.3) is 10.9 Å². The fraction of sp³-hybridized carbons (Fsp3) is 0.192. The van der Waals surface area contributed by atoms with E-state index in [1.54, 1.807) is 31.3 Å². The number of halogens is 1. The predicted octanol–water partition coefficient (Wildman–Crippen LogP) is 4.86. The number of rotatable bonds is 8. The largest absolute Gasteiger partial charge is 0.478 e. The highest BCUT2D eigenvalue weighted by molar-refractivity contribution is 6.30. The summed E-state index contributed by atoms with van der Waals surface area (Å²) in [6.45, 7) is 2.94. The zero-order chi connectivity index (χ0) is 24.2. The van der Waals surface area contributed by atoms with Crippen LogP contribution in [0.3, 0.4) is 0 Å². The van der Waals surface area contributed by atoms with Crippen LogP contribution < -0.4 is 16.2 Å². The summed E-state index contributed by atoms with van der Waals surface area (Å²) in [5.41, 5.74) is 4.19. The maximum Gasteiger partial charge on any atom is 0.337 e. The summed E-state index contributed by atoms with van der Waals surface area (Å²) >= 11 is 5.96. The van der Waals surface area contributed by atoms with Crippen LogP contribution in [-0.4, -0.2) is 27.2 Å². The minimum atomic E-state index is -0.981. The van der Waals surface area contributed by atoms with Gasteiger partial charge in [0.1, 0.15) is 0 Å². The van der Waals surface area contributed by atoms with Gasteiger partial charge in [-0.25, -0.2) is 9.78 Å². The lowest BCUT2D eigenvalue weighted by atomic mass is 10.0. The first-order valence-electron chi connectivity index (χ1n) is 10.9. The number of nitrogens with zero attached hydrogens (tertiary/aromatic N) is 2. The molecule has 8 heteroatoms. The molecule has 0 saturated carbocycles. The molecule has 3 N–H and O–H groups in total. The number of hydrogen-bond acceptors (Lipinski definition) is 5. The van der Waals surface area contributed by atoms with E-state index >= 15 is 0 Å². The zero-order valence-corrected chi connectivity index (χ0v) is 19.7. The number of anilines is 2. The van der Waals surface area contributed by atoms with Gasteiger partial charge in [0.2, 0.25) is 5.95 Å². The number of carbonyl (C=O) groups is 1. The van der Waals surface area contributed by atoms with Crippen molar-refractivity contribution in [1.82, 2.24) is 9.55 Å². The standard InChI is InChI=1S/C26H25ClN4O3/c1-16-13-18(11-12-28-22-6-4-3-5-20(22)25(33)34)23-21(14-16)24(32)31(2)26(30-23)29-15-17-7-9-19(27)10-8-17/h3-10,13-14,28H,11-12,15H2,1-2H3,(H,29,30)(H,33,34). The molecular weight excluding hydrogens is 452 g/mol. The maximum atomic E-state index is 13.1. The van der Waals surface area contributed by atoms with Gasteiger partial charge in [-0.05, 0) is 60.4 Å². The van der Waals surface area contributed by atoms with Crippen molar-refractivity contribution in [3.63, 3.8) is 0 Å². The van der Waals surface area contributed by atoms with Crippen LogP contribution >= 0.6 is 11.6 Å². The Morgan fingerprint density at radius 3 is 2.56 bits per heavy atom. The average Bonchev–Trinajstić information content (AvgIpc) is 2.82. The molecule has 0 bridgehead atoms. The molecule has 0 unspecified atom stereocenters. The van der Waals surface area contributed by atoms with E-state index in [4.69, 9.17) is 16.6 Å². The lowest BCUT2D eigenvalue weighted by molar-refractivity contribution is 0.0698. The van der Waals surface area contributed by atoms with Crippen molar-refractivity contribution in [2.24, 2.45) is 7.05 Å². The molecule has 0 saturated heterocycles. The van der Waals surface area contributed by atoms with E-state index in [9.17, 15) is 14.7 Å². The molecule has 0 atom stereocenters. The van der Waals surface area contributed by atoms with Crippen LogP contribution in [0.2, 0.25) is 5.02 Å². The summed E-state index contributed by atoms with van der Waals surface area (Å²) in [6.07, 6.45) is 0.572. The van der Waals surface area contributed by atoms with Crippen molar-refractivity contribution in [1.29, 1.82) is 0 Å². The highest BCUT2D eigenvalue weighted by Gasteiger charge is 2.14. The first kappa shape index (κ1) is 23.3. The Balaban J connectivity index is 1.61. The summed E-state index contributed by atoms with van der Waals surface area (Å²) in [5.74, 6) is -0.507. The van der Waals surface area contributed by atoms with Crippen molar-refractivity contribution >= 4 is 40.1 Å². The molecule has 4 aromatic rings. The molecule has 174 valence electrons. The third kappa shape index (κ3) is 5.05. The quantitative estimate of drug-likeness (QED) is 0.336. The maximum absolute atomic E-state index is 13.1. The van der Waals surface area contributed by atoms with Gasteiger partial charge in [0.05, 0.1) is 16.5 Å². The van der Waals surface area contributed by atoms with E-state index in [1.807, 2.05) is 43.3 Å². The molecule has 4 rings (SSSR count). The first-order valence-corrected chi connectivity index (χ1v) is 11.3. The van der Waals surface area contributed by atoms with Crippen molar-refractivity contribution in [2.45, 2.75) is 19.9 Å². The Morgan fingerprint density at radius 1 is 1.09 bits per heavy atom. The lowest BCUT2D eigenvalue weighted by Gasteiger charge is -2.15.